The molecule has 0 aliphatic heterocycles. The number of hydrogen-bond donors (Lipinski definition) is 1. The van der Waals surface area contributed by atoms with E-state index in [2.05, 4.69) is 10.5 Å². The van der Waals surface area contributed by atoms with E-state index in [1.54, 1.807) is 13.8 Å². The molecule has 0 radical (unpaired) electrons. The number of hydrazone groups is 1. The summed E-state index contributed by atoms with van der Waals surface area (Å²) in [4.78, 5) is 24.3. The molecule has 1 rings (SSSR count). The minimum absolute atomic E-state index is 0.278. The summed E-state index contributed by atoms with van der Waals surface area (Å²) in [6.07, 6.45) is 0.522. The Morgan fingerprint density at radius 2 is 1.65 bits per heavy atom. The summed E-state index contributed by atoms with van der Waals surface area (Å²) in [6.45, 7) is 5.55. The van der Waals surface area contributed by atoms with Crippen molar-refractivity contribution in [2.75, 3.05) is 27.9 Å². The third-order valence-electron chi connectivity index (χ3n) is 3.74. The highest BCUT2D eigenvalue weighted by Crippen LogP contribution is 2.38. The lowest BCUT2D eigenvalue weighted by Crippen LogP contribution is -2.27. The van der Waals surface area contributed by atoms with Crippen molar-refractivity contribution in [1.29, 1.82) is 0 Å². The first-order valence-corrected chi connectivity index (χ1v) is 8.24. The SMILES string of the molecule is CCOC(=O)C(CC)C(C)=NNC(=O)c1cc(OC)c(OC)c(OC)c1. The van der Waals surface area contributed by atoms with Gasteiger partial charge < -0.3 is 18.9 Å². The van der Waals surface area contributed by atoms with Crippen LogP contribution in [0.4, 0.5) is 0 Å². The van der Waals surface area contributed by atoms with Crippen LogP contribution in [0.15, 0.2) is 17.2 Å². The van der Waals surface area contributed by atoms with E-state index < -0.39 is 11.8 Å². The minimum atomic E-state index is -0.504. The molecular weight excluding hydrogens is 340 g/mol. The Hall–Kier alpha value is -2.77. The largest absolute Gasteiger partial charge is 0.493 e. The number of esters is 1. The van der Waals surface area contributed by atoms with Crippen molar-refractivity contribution in [2.24, 2.45) is 11.0 Å². The smallest absolute Gasteiger partial charge is 0.314 e. The number of benzene rings is 1. The Kier molecular flexibility index (Phi) is 8.41. The number of methoxy groups -OCH3 is 3. The number of carbonyl (C=O) groups is 2. The summed E-state index contributed by atoms with van der Waals surface area (Å²) in [7, 11) is 4.41. The van der Waals surface area contributed by atoms with Crippen molar-refractivity contribution in [3.8, 4) is 17.2 Å². The van der Waals surface area contributed by atoms with Gasteiger partial charge in [-0.15, -0.1) is 0 Å². The minimum Gasteiger partial charge on any atom is -0.493 e. The number of hydrogen-bond acceptors (Lipinski definition) is 7. The molecule has 144 valence electrons. The highest BCUT2D eigenvalue weighted by Gasteiger charge is 2.22. The van der Waals surface area contributed by atoms with Crippen LogP contribution in [0, 0.1) is 5.92 Å². The molecule has 8 heteroatoms. The van der Waals surface area contributed by atoms with Gasteiger partial charge in [-0.3, -0.25) is 9.59 Å². The van der Waals surface area contributed by atoms with Gasteiger partial charge in [-0.1, -0.05) is 6.92 Å². The average molecular weight is 366 g/mol. The second-order valence-electron chi connectivity index (χ2n) is 5.32. The molecule has 1 N–H and O–H groups in total. The molecule has 1 amide bonds. The fraction of sp³-hybridized carbons (Fsp3) is 0.500. The van der Waals surface area contributed by atoms with E-state index in [1.165, 1.54) is 33.5 Å². The van der Waals surface area contributed by atoms with Crippen LogP contribution in [-0.4, -0.2) is 45.5 Å². The quantitative estimate of drug-likeness (QED) is 0.410. The number of ether oxygens (including phenoxy) is 4. The summed E-state index contributed by atoms with van der Waals surface area (Å²) in [6, 6.07) is 3.04. The van der Waals surface area contributed by atoms with Gasteiger partial charge in [0.15, 0.2) is 11.5 Å². The van der Waals surface area contributed by atoms with Crippen molar-refractivity contribution >= 4 is 17.6 Å². The van der Waals surface area contributed by atoms with E-state index in [9.17, 15) is 9.59 Å². The maximum absolute atomic E-state index is 12.4. The summed E-state index contributed by atoms with van der Waals surface area (Å²) >= 11 is 0. The number of amides is 1. The number of carbonyl (C=O) groups excluding carboxylic acids is 2. The molecule has 1 aromatic rings. The van der Waals surface area contributed by atoms with E-state index in [0.717, 1.165) is 0 Å². The van der Waals surface area contributed by atoms with Crippen LogP contribution in [0.1, 0.15) is 37.6 Å². The van der Waals surface area contributed by atoms with Crippen molar-refractivity contribution in [3.05, 3.63) is 17.7 Å². The average Bonchev–Trinajstić information content (AvgIpc) is 2.65. The van der Waals surface area contributed by atoms with Gasteiger partial charge in [0.05, 0.1) is 33.9 Å². The van der Waals surface area contributed by atoms with E-state index >= 15 is 0 Å². The fourth-order valence-electron chi connectivity index (χ4n) is 2.37. The molecule has 0 fully saturated rings. The zero-order valence-electron chi connectivity index (χ0n) is 16.0. The van der Waals surface area contributed by atoms with Crippen LogP contribution in [-0.2, 0) is 9.53 Å². The predicted octanol–water partition coefficient (Wildman–Crippen LogP) is 2.41. The Morgan fingerprint density at radius 1 is 1.08 bits per heavy atom. The van der Waals surface area contributed by atoms with E-state index in [-0.39, 0.29) is 11.5 Å². The summed E-state index contributed by atoms with van der Waals surface area (Å²) < 4.78 is 20.7. The molecule has 1 aromatic carbocycles. The van der Waals surface area contributed by atoms with Gasteiger partial charge in [0, 0.05) is 11.3 Å². The van der Waals surface area contributed by atoms with Gasteiger partial charge in [-0.05, 0) is 32.4 Å². The monoisotopic (exact) mass is 366 g/mol. The van der Waals surface area contributed by atoms with Gasteiger partial charge in [0.1, 0.15) is 0 Å². The highest BCUT2D eigenvalue weighted by atomic mass is 16.5. The molecule has 8 nitrogen and oxygen atoms in total. The Balaban J connectivity index is 3.01. The molecule has 0 bridgehead atoms. The topological polar surface area (TPSA) is 95.5 Å². The van der Waals surface area contributed by atoms with Crippen LogP contribution in [0.3, 0.4) is 0 Å². The Bertz CT molecular complexity index is 647. The summed E-state index contributed by atoms with van der Waals surface area (Å²) in [5, 5.41) is 4.03. The molecule has 1 atom stereocenters. The molecule has 0 saturated carbocycles. The fourth-order valence-corrected chi connectivity index (χ4v) is 2.37. The molecular formula is C18H26N2O6. The lowest BCUT2D eigenvalue weighted by atomic mass is 10.0. The maximum Gasteiger partial charge on any atom is 0.314 e. The molecule has 0 heterocycles. The van der Waals surface area contributed by atoms with Gasteiger partial charge in [0.25, 0.3) is 5.91 Å². The van der Waals surface area contributed by atoms with E-state index in [1.807, 2.05) is 6.92 Å². The molecule has 0 spiro atoms. The normalized spacial score (nSPS) is 12.2. The Labute approximate surface area is 153 Å². The molecule has 0 aromatic heterocycles. The van der Waals surface area contributed by atoms with E-state index in [0.29, 0.717) is 36.0 Å². The van der Waals surface area contributed by atoms with Crippen molar-refractivity contribution in [1.82, 2.24) is 5.43 Å². The second-order valence-corrected chi connectivity index (χ2v) is 5.32. The van der Waals surface area contributed by atoms with Crippen LogP contribution in [0.2, 0.25) is 0 Å². The van der Waals surface area contributed by atoms with E-state index in [4.69, 9.17) is 18.9 Å². The second kappa shape index (κ2) is 10.3. The highest BCUT2D eigenvalue weighted by molar-refractivity contribution is 6.02. The van der Waals surface area contributed by atoms with Gasteiger partial charge in [-0.2, -0.15) is 5.10 Å². The van der Waals surface area contributed by atoms with Gasteiger partial charge in [-0.25, -0.2) is 5.43 Å². The lowest BCUT2D eigenvalue weighted by molar-refractivity contribution is -0.145. The van der Waals surface area contributed by atoms with Crippen molar-refractivity contribution < 1.29 is 28.5 Å². The molecule has 0 aliphatic carbocycles. The maximum atomic E-state index is 12.4. The van der Waals surface area contributed by atoms with Gasteiger partial charge in [0.2, 0.25) is 5.75 Å². The zero-order valence-corrected chi connectivity index (χ0v) is 16.0. The first-order valence-electron chi connectivity index (χ1n) is 8.24. The standard InChI is InChI=1S/C18H26N2O6/c1-7-13(18(22)26-8-2)11(3)19-20-17(21)12-9-14(23-4)16(25-6)15(10-12)24-5/h9-10,13H,7-8H2,1-6H3,(H,20,21). The number of nitrogens with one attached hydrogen (secondary N) is 1. The third-order valence-corrected chi connectivity index (χ3v) is 3.74. The number of nitrogens with zero attached hydrogens (tertiary/aromatic N) is 1. The predicted molar refractivity (Wildman–Crippen MR) is 97.1 cm³/mol. The third kappa shape index (κ3) is 5.11. The van der Waals surface area contributed by atoms with Crippen LogP contribution in [0.5, 0.6) is 17.2 Å². The Morgan fingerprint density at radius 3 is 2.08 bits per heavy atom. The first kappa shape index (κ1) is 21.3. The van der Waals surface area contributed by atoms with Crippen LogP contribution in [0.25, 0.3) is 0 Å². The molecule has 0 aliphatic rings. The summed E-state index contributed by atoms with van der Waals surface area (Å²) in [5.41, 5.74) is 3.18. The van der Waals surface area contributed by atoms with Gasteiger partial charge >= 0.3 is 5.97 Å². The first-order chi connectivity index (χ1) is 12.4. The van der Waals surface area contributed by atoms with Crippen LogP contribution < -0.4 is 19.6 Å². The summed E-state index contributed by atoms with van der Waals surface area (Å²) in [5.74, 6) is -0.235. The molecule has 0 saturated heterocycles. The molecule has 1 unspecified atom stereocenters. The zero-order chi connectivity index (χ0) is 19.7. The van der Waals surface area contributed by atoms with Crippen molar-refractivity contribution in [3.63, 3.8) is 0 Å². The molecule has 26 heavy (non-hydrogen) atoms. The van der Waals surface area contributed by atoms with Crippen molar-refractivity contribution in [2.45, 2.75) is 27.2 Å². The number of rotatable bonds is 9. The van der Waals surface area contributed by atoms with Crippen LogP contribution >= 0.6 is 0 Å². The lowest BCUT2D eigenvalue weighted by Gasteiger charge is -2.14.